The summed E-state index contributed by atoms with van der Waals surface area (Å²) in [5, 5.41) is 0. The SMILES string of the molecule is C.C=C(C)CS.C=C(C)CS(=O)(=O)C1CCCCO1.C=C(C)CSC1CCCCO1.CC.CC.CC.CC(=O)OC1CCCCO1. The lowest BCUT2D eigenvalue weighted by Crippen LogP contribution is -2.30. The number of sulfone groups is 1. The van der Waals surface area contributed by atoms with Gasteiger partial charge in [0.15, 0.2) is 15.3 Å². The number of rotatable bonds is 8. The summed E-state index contributed by atoms with van der Waals surface area (Å²) in [5.74, 6) is 1.65. The van der Waals surface area contributed by atoms with E-state index in [1.54, 1.807) is 6.92 Å². The third-order valence-electron chi connectivity index (χ3n) is 5.34. The second-order valence-corrected chi connectivity index (χ2v) is 13.7. The fourth-order valence-corrected chi connectivity index (χ4v) is 6.20. The third kappa shape index (κ3) is 37.7. The maximum absolute atomic E-state index is 11.6. The summed E-state index contributed by atoms with van der Waals surface area (Å²) in [6, 6.07) is 0. The summed E-state index contributed by atoms with van der Waals surface area (Å²) in [5.41, 5.74) is 2.89. The van der Waals surface area contributed by atoms with Crippen LogP contribution in [0.2, 0.25) is 0 Å². The van der Waals surface area contributed by atoms with E-state index in [2.05, 4.69) is 39.3 Å². The fraction of sp³-hybridized carbons (Fsp3) is 0.806. The number of carbonyl (C=O) groups is 1. The smallest absolute Gasteiger partial charge is 0.304 e. The highest BCUT2D eigenvalue weighted by molar-refractivity contribution is 7.99. The largest absolute Gasteiger partial charge is 0.436 e. The average molecular weight is 715 g/mol. The van der Waals surface area contributed by atoms with Crippen molar-refractivity contribution in [1.29, 1.82) is 0 Å². The van der Waals surface area contributed by atoms with E-state index >= 15 is 0 Å². The Balaban J connectivity index is -0.000000157. The second-order valence-electron chi connectivity index (χ2n) is 10.1. The van der Waals surface area contributed by atoms with Crippen molar-refractivity contribution in [2.75, 3.05) is 37.1 Å². The van der Waals surface area contributed by atoms with Gasteiger partial charge in [-0.1, -0.05) is 85.4 Å². The van der Waals surface area contributed by atoms with E-state index < -0.39 is 15.3 Å². The maximum atomic E-state index is 11.6. The minimum absolute atomic E-state index is 0. The van der Waals surface area contributed by atoms with Crippen LogP contribution in [0.15, 0.2) is 36.5 Å². The molecule has 0 aliphatic carbocycles. The van der Waals surface area contributed by atoms with Gasteiger partial charge >= 0.3 is 5.97 Å². The molecule has 46 heavy (non-hydrogen) atoms. The molecule has 3 aliphatic heterocycles. The van der Waals surface area contributed by atoms with Crippen LogP contribution in [0.5, 0.6) is 0 Å². The van der Waals surface area contributed by atoms with Crippen LogP contribution >= 0.6 is 24.4 Å². The van der Waals surface area contributed by atoms with Gasteiger partial charge in [0.25, 0.3) is 0 Å². The van der Waals surface area contributed by atoms with Gasteiger partial charge < -0.3 is 18.9 Å². The number of thiol groups is 1. The number of hydrogen-bond acceptors (Lipinski definition) is 9. The zero-order valence-electron chi connectivity index (χ0n) is 30.6. The molecule has 10 heteroatoms. The van der Waals surface area contributed by atoms with Crippen molar-refractivity contribution >= 4 is 40.2 Å². The topological polar surface area (TPSA) is 88.1 Å². The van der Waals surface area contributed by atoms with E-state index in [1.807, 2.05) is 60.2 Å². The van der Waals surface area contributed by atoms with Crippen LogP contribution in [0, 0.1) is 0 Å². The molecule has 0 radical (unpaired) electrons. The van der Waals surface area contributed by atoms with Crippen molar-refractivity contribution < 1.29 is 32.2 Å². The van der Waals surface area contributed by atoms with Crippen molar-refractivity contribution in [2.45, 2.75) is 152 Å². The second kappa shape index (κ2) is 38.7. The van der Waals surface area contributed by atoms with E-state index in [0.717, 1.165) is 62.4 Å². The minimum atomic E-state index is -3.10. The Bertz CT molecular complexity index is 811. The highest BCUT2D eigenvalue weighted by Crippen LogP contribution is 2.24. The van der Waals surface area contributed by atoms with Gasteiger partial charge in [0.1, 0.15) is 5.44 Å². The Morgan fingerprint density at radius 1 is 0.739 bits per heavy atom. The van der Waals surface area contributed by atoms with Gasteiger partial charge in [0.2, 0.25) is 6.29 Å². The van der Waals surface area contributed by atoms with Crippen LogP contribution < -0.4 is 0 Å². The molecule has 3 fully saturated rings. The summed E-state index contributed by atoms with van der Waals surface area (Å²) < 4.78 is 44.0. The van der Waals surface area contributed by atoms with Gasteiger partial charge in [0.05, 0.1) is 12.4 Å². The molecular formula is C36H74O7S3. The van der Waals surface area contributed by atoms with Gasteiger partial charge in [-0.05, 0) is 72.1 Å². The first kappa shape index (κ1) is 54.7. The van der Waals surface area contributed by atoms with Crippen LogP contribution in [0.4, 0.5) is 0 Å². The molecule has 3 saturated heterocycles. The highest BCUT2D eigenvalue weighted by Gasteiger charge is 2.27. The van der Waals surface area contributed by atoms with E-state index in [1.165, 1.54) is 31.8 Å². The molecule has 0 bridgehead atoms. The molecule has 0 amide bonds. The van der Waals surface area contributed by atoms with Crippen molar-refractivity contribution in [3.63, 3.8) is 0 Å². The van der Waals surface area contributed by atoms with Crippen LogP contribution in [-0.4, -0.2) is 68.6 Å². The number of ether oxygens (including phenoxy) is 4. The number of thioether (sulfide) groups is 1. The van der Waals surface area contributed by atoms with E-state index in [-0.39, 0.29) is 25.4 Å². The Kier molecular flexibility index (Phi) is 45.9. The summed E-state index contributed by atoms with van der Waals surface area (Å²) in [6.07, 6.45) is 9.09. The van der Waals surface area contributed by atoms with Crippen molar-refractivity contribution in [2.24, 2.45) is 0 Å². The standard InChI is InChI=1S/C9H16O3S.C9H16OS.C7H12O3.C4H8S.3C2H6.CH4/c1-8(2)7-13(10,11)9-5-3-4-6-12-9;1-8(2)7-11-9-5-3-4-6-10-9;1-6(8)10-7-4-2-3-5-9-7;1-4(2)3-5;3*1-2;/h9H,1,3-7H2,2H3;9H,1,3-7H2,2H3;7H,2-5H2,1H3;5H,1,3H2,2H3;3*1-2H3;1H4. The van der Waals surface area contributed by atoms with Crippen molar-refractivity contribution in [1.82, 2.24) is 0 Å². The molecule has 0 aromatic rings. The first-order valence-electron chi connectivity index (χ1n) is 16.8. The van der Waals surface area contributed by atoms with Crippen molar-refractivity contribution in [3.05, 3.63) is 36.5 Å². The van der Waals surface area contributed by atoms with Gasteiger partial charge in [-0.3, -0.25) is 4.79 Å². The number of hydrogen-bond donors (Lipinski definition) is 1. The number of carbonyl (C=O) groups excluding carboxylic acids is 1. The molecule has 7 nitrogen and oxygen atoms in total. The predicted molar refractivity (Wildman–Crippen MR) is 208 cm³/mol. The lowest BCUT2D eigenvalue weighted by molar-refractivity contribution is -0.184. The van der Waals surface area contributed by atoms with Gasteiger partial charge in [-0.2, -0.15) is 12.6 Å². The molecule has 3 rings (SSSR count). The maximum Gasteiger partial charge on any atom is 0.304 e. The first-order valence-corrected chi connectivity index (χ1v) is 20.2. The molecule has 0 aromatic heterocycles. The van der Waals surface area contributed by atoms with Crippen LogP contribution in [0.3, 0.4) is 0 Å². The van der Waals surface area contributed by atoms with Gasteiger partial charge in [0, 0.05) is 38.1 Å². The van der Waals surface area contributed by atoms with Gasteiger partial charge in [-0.25, -0.2) is 8.42 Å². The zero-order valence-corrected chi connectivity index (χ0v) is 33.1. The highest BCUT2D eigenvalue weighted by atomic mass is 32.2. The molecule has 0 spiro atoms. The third-order valence-corrected chi connectivity index (χ3v) is 9.36. The monoisotopic (exact) mass is 714 g/mol. The molecule has 3 heterocycles. The Morgan fingerprint density at radius 3 is 1.52 bits per heavy atom. The summed E-state index contributed by atoms with van der Waals surface area (Å²) in [7, 11) is -3.10. The molecule has 3 unspecified atom stereocenters. The molecular weight excluding hydrogens is 641 g/mol. The molecule has 3 atom stereocenters. The molecule has 0 aromatic carbocycles. The van der Waals surface area contributed by atoms with Crippen molar-refractivity contribution in [3.8, 4) is 0 Å². The summed E-state index contributed by atoms with van der Waals surface area (Å²) >= 11 is 5.80. The molecule has 3 aliphatic rings. The van der Waals surface area contributed by atoms with Gasteiger partial charge in [-0.15, -0.1) is 11.8 Å². The summed E-state index contributed by atoms with van der Waals surface area (Å²) in [4.78, 5) is 10.4. The lowest BCUT2D eigenvalue weighted by Gasteiger charge is -2.22. The predicted octanol–water partition coefficient (Wildman–Crippen LogP) is 10.6. The zero-order chi connectivity index (χ0) is 35.7. The fourth-order valence-electron chi connectivity index (χ4n) is 3.50. The first-order chi connectivity index (χ1) is 21.4. The van der Waals surface area contributed by atoms with Crippen LogP contribution in [-0.2, 0) is 33.6 Å². The van der Waals surface area contributed by atoms with E-state index in [4.69, 9.17) is 18.9 Å². The Hall–Kier alpha value is -0.780. The van der Waals surface area contributed by atoms with Crippen LogP contribution in [0.1, 0.15) is 134 Å². The van der Waals surface area contributed by atoms with E-state index in [9.17, 15) is 13.2 Å². The Labute approximate surface area is 296 Å². The molecule has 278 valence electrons. The average Bonchev–Trinajstić information content (AvgIpc) is 3.04. The normalized spacial score (nSPS) is 19.7. The molecule has 0 N–H and O–H groups in total. The lowest BCUT2D eigenvalue weighted by atomic mass is 10.2. The summed E-state index contributed by atoms with van der Waals surface area (Å²) in [6.45, 7) is 32.4. The number of esters is 1. The minimum Gasteiger partial charge on any atom is -0.436 e. The molecule has 0 saturated carbocycles. The quantitative estimate of drug-likeness (QED) is 0.151. The van der Waals surface area contributed by atoms with Crippen LogP contribution in [0.25, 0.3) is 0 Å². The Morgan fingerprint density at radius 2 is 1.20 bits per heavy atom. The van der Waals surface area contributed by atoms with E-state index in [0.29, 0.717) is 24.0 Å².